The first-order chi connectivity index (χ1) is 15.6. The van der Waals surface area contributed by atoms with Crippen molar-refractivity contribution < 1.29 is 4.57 Å². The molecule has 0 bridgehead atoms. The van der Waals surface area contributed by atoms with Crippen LogP contribution in [0.25, 0.3) is 22.8 Å². The van der Waals surface area contributed by atoms with Crippen molar-refractivity contribution in [3.05, 3.63) is 101 Å². The molecule has 1 fully saturated rings. The molecule has 2 heteroatoms. The highest BCUT2D eigenvalue weighted by molar-refractivity contribution is 5.66. The van der Waals surface area contributed by atoms with E-state index in [0.717, 1.165) is 0 Å². The van der Waals surface area contributed by atoms with Gasteiger partial charge in [-0.3, -0.25) is 0 Å². The minimum Gasteiger partial charge on any atom is -0.192 e. The van der Waals surface area contributed by atoms with Crippen molar-refractivity contribution in [3.63, 3.8) is 0 Å². The zero-order chi connectivity index (χ0) is 22.2. The predicted octanol–water partition coefficient (Wildman–Crippen LogP) is 7.31. The lowest BCUT2D eigenvalue weighted by Gasteiger charge is -2.13. The fraction of sp³-hybridized carbons (Fsp3) is 0.300. The molecule has 1 aliphatic carbocycles. The first kappa shape index (κ1) is 20.8. The molecule has 2 nitrogen and oxygen atoms in total. The SMILES string of the molecule is Cc1ccccc1-[n+]1c(C)c(C2CCCC2)n(-c2ccccc2)c1-c1c(C)cccc1C. The van der Waals surface area contributed by atoms with E-state index in [1.165, 1.54) is 76.5 Å². The van der Waals surface area contributed by atoms with Gasteiger partial charge in [0.25, 0.3) is 5.82 Å². The highest BCUT2D eigenvalue weighted by Gasteiger charge is 2.38. The molecule has 0 aliphatic heterocycles. The van der Waals surface area contributed by atoms with Gasteiger partial charge in [0.15, 0.2) is 5.69 Å². The van der Waals surface area contributed by atoms with E-state index in [1.54, 1.807) is 0 Å². The summed E-state index contributed by atoms with van der Waals surface area (Å²) in [5, 5.41) is 0. The summed E-state index contributed by atoms with van der Waals surface area (Å²) in [5.41, 5.74) is 10.7. The van der Waals surface area contributed by atoms with Crippen LogP contribution in [0.1, 0.15) is 59.7 Å². The van der Waals surface area contributed by atoms with E-state index >= 15 is 0 Å². The lowest BCUT2D eigenvalue weighted by molar-refractivity contribution is -0.590. The quantitative estimate of drug-likeness (QED) is 0.305. The van der Waals surface area contributed by atoms with E-state index in [2.05, 4.69) is 110 Å². The summed E-state index contributed by atoms with van der Waals surface area (Å²) >= 11 is 0. The molecule has 0 spiro atoms. The van der Waals surface area contributed by atoms with Gasteiger partial charge >= 0.3 is 0 Å². The second-order valence-electron chi connectivity index (χ2n) is 9.34. The van der Waals surface area contributed by atoms with Crippen LogP contribution >= 0.6 is 0 Å². The molecule has 0 atom stereocenters. The number of para-hydroxylation sites is 2. The highest BCUT2D eigenvalue weighted by Crippen LogP contribution is 2.40. The average molecular weight is 422 g/mol. The van der Waals surface area contributed by atoms with Gasteiger partial charge in [0.05, 0.1) is 5.56 Å². The fourth-order valence-corrected chi connectivity index (χ4v) is 5.66. The maximum Gasteiger partial charge on any atom is 0.300 e. The minimum absolute atomic E-state index is 0.601. The van der Waals surface area contributed by atoms with Crippen LogP contribution in [0.15, 0.2) is 72.8 Å². The second-order valence-corrected chi connectivity index (χ2v) is 9.34. The van der Waals surface area contributed by atoms with Crippen molar-refractivity contribution in [1.29, 1.82) is 0 Å². The Morgan fingerprint density at radius 3 is 1.94 bits per heavy atom. The van der Waals surface area contributed by atoms with Crippen LogP contribution < -0.4 is 4.57 Å². The van der Waals surface area contributed by atoms with Crippen LogP contribution in [0.5, 0.6) is 0 Å². The number of hydrogen-bond acceptors (Lipinski definition) is 0. The molecular weight excluding hydrogens is 388 g/mol. The summed E-state index contributed by atoms with van der Waals surface area (Å²) < 4.78 is 5.11. The highest BCUT2D eigenvalue weighted by atomic mass is 15.2. The molecule has 32 heavy (non-hydrogen) atoms. The molecule has 0 unspecified atom stereocenters. The van der Waals surface area contributed by atoms with Crippen LogP contribution in [-0.2, 0) is 0 Å². The summed E-state index contributed by atoms with van der Waals surface area (Å²) in [6.45, 7) is 9.05. The molecule has 0 N–H and O–H groups in total. The Kier molecular flexibility index (Phi) is 5.46. The molecule has 1 heterocycles. The first-order valence-corrected chi connectivity index (χ1v) is 11.9. The molecule has 0 amide bonds. The lowest BCUT2D eigenvalue weighted by atomic mass is 10.0. The van der Waals surface area contributed by atoms with Gasteiger partial charge < -0.3 is 0 Å². The molecule has 0 radical (unpaired) electrons. The summed E-state index contributed by atoms with van der Waals surface area (Å²) in [5.74, 6) is 1.88. The average Bonchev–Trinajstić information content (AvgIpc) is 3.41. The van der Waals surface area contributed by atoms with E-state index in [1.807, 2.05) is 0 Å². The smallest absolute Gasteiger partial charge is 0.192 e. The first-order valence-electron chi connectivity index (χ1n) is 11.9. The van der Waals surface area contributed by atoms with Crippen molar-refractivity contribution in [2.24, 2.45) is 0 Å². The molecule has 162 valence electrons. The van der Waals surface area contributed by atoms with Gasteiger partial charge in [0.1, 0.15) is 17.1 Å². The van der Waals surface area contributed by atoms with Crippen LogP contribution in [0.3, 0.4) is 0 Å². The minimum atomic E-state index is 0.601. The van der Waals surface area contributed by atoms with Crippen molar-refractivity contribution in [2.75, 3.05) is 0 Å². The van der Waals surface area contributed by atoms with Crippen molar-refractivity contribution >= 4 is 0 Å². The summed E-state index contributed by atoms with van der Waals surface area (Å²) in [6.07, 6.45) is 5.20. The number of aryl methyl sites for hydroxylation is 3. The van der Waals surface area contributed by atoms with Gasteiger partial charge in [-0.25, -0.2) is 0 Å². The van der Waals surface area contributed by atoms with Gasteiger partial charge in [-0.1, -0.05) is 67.4 Å². The van der Waals surface area contributed by atoms with Crippen LogP contribution in [0.2, 0.25) is 0 Å². The van der Waals surface area contributed by atoms with Crippen LogP contribution in [-0.4, -0.2) is 4.57 Å². The van der Waals surface area contributed by atoms with E-state index < -0.39 is 0 Å². The third-order valence-corrected chi connectivity index (χ3v) is 7.19. The predicted molar refractivity (Wildman–Crippen MR) is 133 cm³/mol. The third kappa shape index (κ3) is 3.39. The third-order valence-electron chi connectivity index (χ3n) is 7.19. The Morgan fingerprint density at radius 1 is 0.688 bits per heavy atom. The Hall–Kier alpha value is -3.13. The fourth-order valence-electron chi connectivity index (χ4n) is 5.66. The van der Waals surface area contributed by atoms with E-state index in [4.69, 9.17) is 0 Å². The van der Waals surface area contributed by atoms with Crippen molar-refractivity contribution in [2.45, 2.75) is 59.3 Å². The number of hydrogen-bond donors (Lipinski definition) is 0. The normalized spacial score (nSPS) is 14.2. The van der Waals surface area contributed by atoms with Crippen molar-refractivity contribution in [1.82, 2.24) is 4.57 Å². The zero-order valence-electron chi connectivity index (χ0n) is 19.7. The molecule has 3 aromatic carbocycles. The summed E-state index contributed by atoms with van der Waals surface area (Å²) in [6, 6.07) is 26.4. The summed E-state index contributed by atoms with van der Waals surface area (Å²) in [7, 11) is 0. The van der Waals surface area contributed by atoms with Gasteiger partial charge in [-0.05, 0) is 68.5 Å². The Balaban J connectivity index is 1.96. The van der Waals surface area contributed by atoms with Crippen LogP contribution in [0, 0.1) is 27.7 Å². The topological polar surface area (TPSA) is 8.81 Å². The number of benzene rings is 3. The van der Waals surface area contributed by atoms with Gasteiger partial charge in [-0.2, -0.15) is 9.13 Å². The maximum atomic E-state index is 2.58. The van der Waals surface area contributed by atoms with Gasteiger partial charge in [0.2, 0.25) is 0 Å². The maximum absolute atomic E-state index is 2.58. The van der Waals surface area contributed by atoms with E-state index in [9.17, 15) is 0 Å². The second kappa shape index (κ2) is 8.43. The molecular formula is C30H33N2+. The molecule has 1 saturated carbocycles. The van der Waals surface area contributed by atoms with E-state index in [-0.39, 0.29) is 0 Å². The van der Waals surface area contributed by atoms with E-state index in [0.29, 0.717) is 5.92 Å². The molecule has 1 aliphatic rings. The number of imidazole rings is 1. The molecule has 4 aromatic rings. The molecule has 5 rings (SSSR count). The number of rotatable bonds is 4. The van der Waals surface area contributed by atoms with Gasteiger partial charge in [0, 0.05) is 12.8 Å². The lowest BCUT2D eigenvalue weighted by Crippen LogP contribution is -2.36. The zero-order valence-corrected chi connectivity index (χ0v) is 19.7. The number of aromatic nitrogens is 2. The Labute approximate surface area is 192 Å². The van der Waals surface area contributed by atoms with Gasteiger partial charge in [-0.15, -0.1) is 0 Å². The standard InChI is InChI=1S/C30H33N2/c1-21-13-8-11-20-27(21)31-24(4)29(25-16-9-10-17-25)32(26-18-6-5-7-19-26)30(31)28-22(2)14-12-15-23(28)3/h5-8,11-15,18-20,25H,9-10,16-17H2,1-4H3/q+1. The molecule has 1 aromatic heterocycles. The van der Waals surface area contributed by atoms with Crippen LogP contribution in [0.4, 0.5) is 0 Å². The Morgan fingerprint density at radius 2 is 1.28 bits per heavy atom. The Bertz CT molecular complexity index is 1240. The molecule has 0 saturated heterocycles. The largest absolute Gasteiger partial charge is 0.300 e. The summed E-state index contributed by atoms with van der Waals surface area (Å²) in [4.78, 5) is 0. The number of nitrogens with zero attached hydrogens (tertiary/aromatic N) is 2. The van der Waals surface area contributed by atoms with Crippen molar-refractivity contribution in [3.8, 4) is 22.8 Å². The monoisotopic (exact) mass is 421 g/mol.